The maximum Gasteiger partial charge on any atom is 0.234 e. The van der Waals surface area contributed by atoms with Crippen LogP contribution in [-0.4, -0.2) is 44.5 Å². The van der Waals surface area contributed by atoms with Crippen molar-refractivity contribution in [1.29, 1.82) is 0 Å². The molecule has 1 aromatic rings. The molecule has 0 aliphatic heterocycles. The van der Waals surface area contributed by atoms with Crippen molar-refractivity contribution in [2.24, 2.45) is 0 Å². The summed E-state index contributed by atoms with van der Waals surface area (Å²) in [5.41, 5.74) is 0. The van der Waals surface area contributed by atoms with Gasteiger partial charge in [-0.3, -0.25) is 9.69 Å². The van der Waals surface area contributed by atoms with E-state index in [0.717, 1.165) is 18.8 Å². The minimum Gasteiger partial charge on any atom is -0.467 e. The van der Waals surface area contributed by atoms with E-state index in [1.807, 2.05) is 25.1 Å². The molecular formula is C11H19N3O2. The summed E-state index contributed by atoms with van der Waals surface area (Å²) in [6.45, 7) is 2.58. The van der Waals surface area contributed by atoms with Gasteiger partial charge in [0, 0.05) is 13.1 Å². The van der Waals surface area contributed by atoms with Crippen LogP contribution in [0.4, 0.5) is 0 Å². The first-order valence-corrected chi connectivity index (χ1v) is 5.34. The Morgan fingerprint density at radius 2 is 2.38 bits per heavy atom. The average molecular weight is 225 g/mol. The maximum absolute atomic E-state index is 11.5. The molecule has 0 aromatic carbocycles. The van der Waals surface area contributed by atoms with Crippen LogP contribution in [0.1, 0.15) is 5.76 Å². The van der Waals surface area contributed by atoms with Crippen LogP contribution in [0.2, 0.25) is 0 Å². The van der Waals surface area contributed by atoms with E-state index in [1.54, 1.807) is 12.3 Å². The summed E-state index contributed by atoms with van der Waals surface area (Å²) in [7, 11) is 3.81. The minimum absolute atomic E-state index is 0.00926. The molecular weight excluding hydrogens is 206 g/mol. The molecule has 0 bridgehead atoms. The van der Waals surface area contributed by atoms with Crippen LogP contribution >= 0.6 is 0 Å². The predicted octanol–water partition coefficient (Wildman–Crippen LogP) is 0.0470. The van der Waals surface area contributed by atoms with Crippen LogP contribution in [0, 0.1) is 0 Å². The molecule has 16 heavy (non-hydrogen) atoms. The molecule has 2 N–H and O–H groups in total. The summed E-state index contributed by atoms with van der Waals surface area (Å²) in [6, 6.07) is 3.64. The van der Waals surface area contributed by atoms with Gasteiger partial charge in [-0.1, -0.05) is 0 Å². The van der Waals surface area contributed by atoms with E-state index in [-0.39, 0.29) is 5.91 Å². The van der Waals surface area contributed by atoms with Crippen molar-refractivity contribution in [3.05, 3.63) is 24.2 Å². The molecule has 0 atom stereocenters. The molecule has 0 unspecified atom stereocenters. The highest BCUT2D eigenvalue weighted by Crippen LogP contribution is 1.98. The van der Waals surface area contributed by atoms with E-state index in [0.29, 0.717) is 13.1 Å². The van der Waals surface area contributed by atoms with Crippen molar-refractivity contribution in [3.8, 4) is 0 Å². The lowest BCUT2D eigenvalue weighted by Gasteiger charge is -2.15. The monoisotopic (exact) mass is 225 g/mol. The Hall–Kier alpha value is -1.33. The number of amides is 1. The van der Waals surface area contributed by atoms with Gasteiger partial charge in [-0.25, -0.2) is 0 Å². The van der Waals surface area contributed by atoms with Crippen LogP contribution in [0.25, 0.3) is 0 Å². The number of hydrogen-bond donors (Lipinski definition) is 2. The summed E-state index contributed by atoms with van der Waals surface area (Å²) < 4.78 is 5.12. The van der Waals surface area contributed by atoms with Crippen LogP contribution < -0.4 is 10.6 Å². The molecule has 1 rings (SSSR count). The smallest absolute Gasteiger partial charge is 0.234 e. The van der Waals surface area contributed by atoms with Crippen LogP contribution in [0.15, 0.2) is 22.8 Å². The number of likely N-dealkylation sites (N-methyl/N-ethyl adjacent to an activating group) is 2. The Bertz CT molecular complexity index is 298. The quantitative estimate of drug-likeness (QED) is 0.688. The molecule has 0 saturated carbocycles. The SMILES string of the molecule is CNCCN(C)CC(=O)NCc1ccco1. The molecule has 0 spiro atoms. The van der Waals surface area contributed by atoms with E-state index >= 15 is 0 Å². The second-order valence-electron chi connectivity index (χ2n) is 3.70. The number of furan rings is 1. The first-order valence-electron chi connectivity index (χ1n) is 5.34. The predicted molar refractivity (Wildman–Crippen MR) is 62.0 cm³/mol. The van der Waals surface area contributed by atoms with Crippen LogP contribution in [-0.2, 0) is 11.3 Å². The Labute approximate surface area is 95.8 Å². The zero-order chi connectivity index (χ0) is 11.8. The van der Waals surface area contributed by atoms with E-state index in [4.69, 9.17) is 4.42 Å². The van der Waals surface area contributed by atoms with Crippen molar-refractivity contribution < 1.29 is 9.21 Å². The molecule has 1 aromatic heterocycles. The van der Waals surface area contributed by atoms with Crippen molar-refractivity contribution in [2.75, 3.05) is 33.7 Å². The summed E-state index contributed by atoms with van der Waals surface area (Å²) in [5.74, 6) is 0.779. The van der Waals surface area contributed by atoms with Gasteiger partial charge < -0.3 is 15.1 Å². The summed E-state index contributed by atoms with van der Waals surface area (Å²) >= 11 is 0. The molecule has 90 valence electrons. The number of nitrogens with one attached hydrogen (secondary N) is 2. The molecule has 0 saturated heterocycles. The first kappa shape index (κ1) is 12.7. The second kappa shape index (κ2) is 7.03. The van der Waals surface area contributed by atoms with Crippen molar-refractivity contribution in [3.63, 3.8) is 0 Å². The molecule has 0 aliphatic rings. The molecule has 0 aliphatic carbocycles. The number of carbonyl (C=O) groups excluding carboxylic acids is 1. The highest BCUT2D eigenvalue weighted by atomic mass is 16.3. The first-order chi connectivity index (χ1) is 7.72. The highest BCUT2D eigenvalue weighted by molar-refractivity contribution is 5.77. The van der Waals surface area contributed by atoms with Gasteiger partial charge >= 0.3 is 0 Å². The third-order valence-corrected chi connectivity index (χ3v) is 2.20. The van der Waals surface area contributed by atoms with E-state index in [1.165, 1.54) is 0 Å². The Morgan fingerprint density at radius 3 is 3.00 bits per heavy atom. The maximum atomic E-state index is 11.5. The van der Waals surface area contributed by atoms with Gasteiger partial charge in [0.05, 0.1) is 19.4 Å². The van der Waals surface area contributed by atoms with E-state index in [2.05, 4.69) is 10.6 Å². The van der Waals surface area contributed by atoms with Gasteiger partial charge in [0.1, 0.15) is 5.76 Å². The average Bonchev–Trinajstić information content (AvgIpc) is 2.76. The normalized spacial score (nSPS) is 10.7. The van der Waals surface area contributed by atoms with Crippen molar-refractivity contribution in [2.45, 2.75) is 6.54 Å². The Kier molecular flexibility index (Phi) is 5.60. The van der Waals surface area contributed by atoms with Gasteiger partial charge in [-0.05, 0) is 26.2 Å². The minimum atomic E-state index is 0.00926. The van der Waals surface area contributed by atoms with Crippen molar-refractivity contribution >= 4 is 5.91 Å². The van der Waals surface area contributed by atoms with E-state index in [9.17, 15) is 4.79 Å². The van der Waals surface area contributed by atoms with Gasteiger partial charge in [0.2, 0.25) is 5.91 Å². The van der Waals surface area contributed by atoms with Gasteiger partial charge in [-0.2, -0.15) is 0 Å². The molecule has 0 radical (unpaired) electrons. The summed E-state index contributed by atoms with van der Waals surface area (Å²) in [6.07, 6.45) is 1.60. The number of rotatable bonds is 7. The standard InChI is InChI=1S/C11H19N3O2/c1-12-5-6-14(2)9-11(15)13-8-10-4-3-7-16-10/h3-4,7,12H,5-6,8-9H2,1-2H3,(H,13,15). The lowest BCUT2D eigenvalue weighted by atomic mass is 10.4. The lowest BCUT2D eigenvalue weighted by Crippen LogP contribution is -2.37. The van der Waals surface area contributed by atoms with Crippen LogP contribution in [0.5, 0.6) is 0 Å². The van der Waals surface area contributed by atoms with Crippen molar-refractivity contribution in [1.82, 2.24) is 15.5 Å². The highest BCUT2D eigenvalue weighted by Gasteiger charge is 2.06. The Balaban J connectivity index is 2.15. The van der Waals surface area contributed by atoms with Crippen LogP contribution in [0.3, 0.4) is 0 Å². The van der Waals surface area contributed by atoms with Gasteiger partial charge in [0.25, 0.3) is 0 Å². The lowest BCUT2D eigenvalue weighted by molar-refractivity contribution is -0.122. The Morgan fingerprint density at radius 1 is 1.56 bits per heavy atom. The fraction of sp³-hybridized carbons (Fsp3) is 0.545. The molecule has 0 fully saturated rings. The zero-order valence-corrected chi connectivity index (χ0v) is 9.82. The molecule has 1 heterocycles. The zero-order valence-electron chi connectivity index (χ0n) is 9.82. The molecule has 5 heteroatoms. The topological polar surface area (TPSA) is 57.5 Å². The number of carbonyl (C=O) groups is 1. The fourth-order valence-corrected chi connectivity index (χ4v) is 1.28. The summed E-state index contributed by atoms with van der Waals surface area (Å²) in [5, 5.41) is 5.84. The van der Waals surface area contributed by atoms with Gasteiger partial charge in [-0.15, -0.1) is 0 Å². The third-order valence-electron chi connectivity index (χ3n) is 2.20. The largest absolute Gasteiger partial charge is 0.467 e. The van der Waals surface area contributed by atoms with Gasteiger partial charge in [0.15, 0.2) is 0 Å². The second-order valence-corrected chi connectivity index (χ2v) is 3.70. The summed E-state index contributed by atoms with van der Waals surface area (Å²) in [4.78, 5) is 13.5. The fourth-order valence-electron chi connectivity index (χ4n) is 1.28. The number of nitrogens with zero attached hydrogens (tertiary/aromatic N) is 1. The third kappa shape index (κ3) is 4.95. The molecule has 1 amide bonds. The molecule has 5 nitrogen and oxygen atoms in total. The van der Waals surface area contributed by atoms with E-state index < -0.39 is 0 Å². The number of hydrogen-bond acceptors (Lipinski definition) is 4.